The molecule has 0 bridgehead atoms. The molecule has 3 nitrogen and oxygen atoms in total. The third kappa shape index (κ3) is 3.18. The zero-order valence-electron chi connectivity index (χ0n) is 12.7. The molecule has 0 aliphatic carbocycles. The average Bonchev–Trinajstić information content (AvgIpc) is 2.53. The van der Waals surface area contributed by atoms with E-state index >= 15 is 0 Å². The first-order valence-corrected chi connectivity index (χ1v) is 8.29. The van der Waals surface area contributed by atoms with Crippen molar-refractivity contribution in [3.63, 3.8) is 0 Å². The van der Waals surface area contributed by atoms with Gasteiger partial charge in [0.25, 0.3) is 0 Å². The number of hydrogen-bond donors (Lipinski definition) is 0. The molecule has 2 aromatic rings. The number of ether oxygens (including phenoxy) is 1. The maximum absolute atomic E-state index is 12.6. The van der Waals surface area contributed by atoms with Crippen LogP contribution in [0.1, 0.15) is 26.7 Å². The highest BCUT2D eigenvalue weighted by Crippen LogP contribution is 2.40. The largest absolute Gasteiger partial charge is 0.423 e. The van der Waals surface area contributed by atoms with Crippen molar-refractivity contribution in [1.82, 2.24) is 0 Å². The molecule has 0 fully saturated rings. The molecule has 0 unspecified atom stereocenters. The lowest BCUT2D eigenvalue weighted by atomic mass is 9.84. The Balaban J connectivity index is 2.54. The SMILES string of the molecule is CCC(CC)(C(=O)Cl)C(=O)Oc1c(Cl)cc(Cl)c2ccccc12. The molecule has 2 aromatic carbocycles. The van der Waals surface area contributed by atoms with E-state index in [2.05, 4.69) is 0 Å². The number of benzene rings is 2. The lowest BCUT2D eigenvalue weighted by Gasteiger charge is -2.25. The molecule has 6 heteroatoms. The number of carbonyl (C=O) groups is 2. The van der Waals surface area contributed by atoms with Gasteiger partial charge in [0.05, 0.1) is 10.0 Å². The molecule has 0 aliphatic heterocycles. The Morgan fingerprint density at radius 2 is 1.61 bits per heavy atom. The van der Waals surface area contributed by atoms with Crippen molar-refractivity contribution in [2.24, 2.45) is 5.41 Å². The summed E-state index contributed by atoms with van der Waals surface area (Å²) in [5.74, 6) is -0.530. The highest BCUT2D eigenvalue weighted by molar-refractivity contribution is 6.66. The van der Waals surface area contributed by atoms with Gasteiger partial charge in [-0.1, -0.05) is 61.3 Å². The second-order valence-corrected chi connectivity index (χ2v) is 6.33. The van der Waals surface area contributed by atoms with E-state index < -0.39 is 16.6 Å². The van der Waals surface area contributed by atoms with Crippen LogP contribution in [0.15, 0.2) is 30.3 Å². The van der Waals surface area contributed by atoms with E-state index in [1.165, 1.54) is 6.07 Å². The summed E-state index contributed by atoms with van der Waals surface area (Å²) >= 11 is 18.0. The summed E-state index contributed by atoms with van der Waals surface area (Å²) in [5, 5.41) is 1.22. The van der Waals surface area contributed by atoms with Gasteiger partial charge >= 0.3 is 5.97 Å². The molecular formula is C17H15Cl3O3. The van der Waals surface area contributed by atoms with Gasteiger partial charge in [-0.15, -0.1) is 0 Å². The third-order valence-corrected chi connectivity index (χ3v) is 5.02. The standard InChI is InChI=1S/C17H15Cl3O3/c1-3-17(4-2,15(20)21)16(22)23-14-11-8-6-5-7-10(11)12(18)9-13(14)19/h5-9H,3-4H2,1-2H3. The molecule has 23 heavy (non-hydrogen) atoms. The topological polar surface area (TPSA) is 43.4 Å². The van der Waals surface area contributed by atoms with Gasteiger partial charge in [0.2, 0.25) is 5.24 Å². The van der Waals surface area contributed by atoms with Crippen LogP contribution in [0.5, 0.6) is 5.75 Å². The summed E-state index contributed by atoms with van der Waals surface area (Å²) in [6.07, 6.45) is 0.488. The zero-order valence-corrected chi connectivity index (χ0v) is 14.9. The molecule has 0 aliphatic rings. The number of hydrogen-bond acceptors (Lipinski definition) is 3. The number of rotatable bonds is 5. The number of carbonyl (C=O) groups excluding carboxylic acids is 2. The summed E-state index contributed by atoms with van der Waals surface area (Å²) in [6, 6.07) is 8.66. The summed E-state index contributed by atoms with van der Waals surface area (Å²) in [7, 11) is 0. The Morgan fingerprint density at radius 3 is 2.13 bits per heavy atom. The molecule has 122 valence electrons. The fourth-order valence-corrected chi connectivity index (χ4v) is 3.39. The summed E-state index contributed by atoms with van der Waals surface area (Å²) in [6.45, 7) is 3.43. The van der Waals surface area contributed by atoms with Crippen LogP contribution >= 0.6 is 34.8 Å². The lowest BCUT2D eigenvalue weighted by molar-refractivity contribution is -0.150. The predicted octanol–water partition coefficient (Wildman–Crippen LogP) is 5.62. The summed E-state index contributed by atoms with van der Waals surface area (Å²) < 4.78 is 5.49. The van der Waals surface area contributed by atoms with E-state index in [-0.39, 0.29) is 23.6 Å². The Morgan fingerprint density at radius 1 is 1.04 bits per heavy atom. The molecule has 0 atom stereocenters. The lowest BCUT2D eigenvalue weighted by Crippen LogP contribution is -2.39. The van der Waals surface area contributed by atoms with E-state index in [4.69, 9.17) is 39.5 Å². The molecule has 2 rings (SSSR count). The quantitative estimate of drug-likeness (QED) is 0.295. The van der Waals surface area contributed by atoms with Gasteiger partial charge in [-0.3, -0.25) is 9.59 Å². The number of esters is 1. The minimum Gasteiger partial charge on any atom is -0.423 e. The van der Waals surface area contributed by atoms with E-state index in [0.29, 0.717) is 15.8 Å². The van der Waals surface area contributed by atoms with Crippen molar-refractivity contribution >= 4 is 56.8 Å². The van der Waals surface area contributed by atoms with Crippen LogP contribution in [0.4, 0.5) is 0 Å². The van der Waals surface area contributed by atoms with Crippen molar-refractivity contribution in [1.29, 1.82) is 0 Å². The van der Waals surface area contributed by atoms with Crippen LogP contribution < -0.4 is 4.74 Å². The Hall–Kier alpha value is -1.29. The van der Waals surface area contributed by atoms with Crippen LogP contribution in [-0.4, -0.2) is 11.2 Å². The van der Waals surface area contributed by atoms with Gasteiger partial charge < -0.3 is 4.74 Å². The van der Waals surface area contributed by atoms with Crippen LogP contribution in [0, 0.1) is 5.41 Å². The number of fused-ring (bicyclic) bond motifs is 1. The predicted molar refractivity (Wildman–Crippen MR) is 93.5 cm³/mol. The van der Waals surface area contributed by atoms with Crippen LogP contribution in [-0.2, 0) is 9.59 Å². The molecule has 0 spiro atoms. The Labute approximate surface area is 149 Å². The molecule has 0 N–H and O–H groups in total. The van der Waals surface area contributed by atoms with Crippen molar-refractivity contribution in [2.45, 2.75) is 26.7 Å². The van der Waals surface area contributed by atoms with Gasteiger partial charge in [-0.05, 0) is 30.5 Å². The highest BCUT2D eigenvalue weighted by Gasteiger charge is 2.44. The summed E-state index contributed by atoms with van der Waals surface area (Å²) in [4.78, 5) is 24.4. The average molecular weight is 374 g/mol. The van der Waals surface area contributed by atoms with E-state index in [1.54, 1.807) is 32.0 Å². The monoisotopic (exact) mass is 372 g/mol. The van der Waals surface area contributed by atoms with Crippen molar-refractivity contribution in [3.05, 3.63) is 40.4 Å². The molecule has 0 amide bonds. The summed E-state index contributed by atoms with van der Waals surface area (Å²) in [5.41, 5.74) is -1.38. The van der Waals surface area contributed by atoms with Crippen molar-refractivity contribution in [2.75, 3.05) is 0 Å². The smallest absolute Gasteiger partial charge is 0.326 e. The van der Waals surface area contributed by atoms with E-state index in [1.807, 2.05) is 6.07 Å². The fourth-order valence-electron chi connectivity index (χ4n) is 2.46. The van der Waals surface area contributed by atoms with Crippen molar-refractivity contribution < 1.29 is 14.3 Å². The van der Waals surface area contributed by atoms with E-state index in [0.717, 1.165) is 0 Å². The van der Waals surface area contributed by atoms with Crippen LogP contribution in [0.2, 0.25) is 10.0 Å². The van der Waals surface area contributed by atoms with Crippen LogP contribution in [0.3, 0.4) is 0 Å². The second-order valence-electron chi connectivity index (χ2n) is 5.17. The first kappa shape index (κ1) is 18.1. The zero-order chi connectivity index (χ0) is 17.2. The van der Waals surface area contributed by atoms with Gasteiger partial charge in [0, 0.05) is 10.8 Å². The molecule has 0 radical (unpaired) electrons. The van der Waals surface area contributed by atoms with Crippen LogP contribution in [0.25, 0.3) is 10.8 Å². The van der Waals surface area contributed by atoms with E-state index in [9.17, 15) is 9.59 Å². The maximum atomic E-state index is 12.6. The fraction of sp³-hybridized carbons (Fsp3) is 0.294. The molecule has 0 heterocycles. The maximum Gasteiger partial charge on any atom is 0.326 e. The van der Waals surface area contributed by atoms with Gasteiger partial charge in [0.15, 0.2) is 5.75 Å². The minimum absolute atomic E-state index is 0.181. The Bertz CT molecular complexity index is 767. The van der Waals surface area contributed by atoms with Gasteiger partial charge in [0.1, 0.15) is 5.41 Å². The molecule has 0 saturated heterocycles. The minimum atomic E-state index is -1.38. The third-order valence-electron chi connectivity index (χ3n) is 4.07. The normalized spacial score (nSPS) is 11.5. The second kappa shape index (κ2) is 7.08. The first-order valence-electron chi connectivity index (χ1n) is 7.16. The highest BCUT2D eigenvalue weighted by atomic mass is 35.5. The molecular weight excluding hydrogens is 359 g/mol. The number of halogens is 3. The molecule has 0 saturated carbocycles. The molecule has 0 aromatic heterocycles. The van der Waals surface area contributed by atoms with Gasteiger partial charge in [-0.25, -0.2) is 0 Å². The Kier molecular flexibility index (Phi) is 5.56. The van der Waals surface area contributed by atoms with Crippen molar-refractivity contribution in [3.8, 4) is 5.75 Å². The first-order chi connectivity index (χ1) is 10.9. The van der Waals surface area contributed by atoms with Gasteiger partial charge in [-0.2, -0.15) is 0 Å².